The van der Waals surface area contributed by atoms with Gasteiger partial charge in [-0.1, -0.05) is 15.9 Å². The summed E-state index contributed by atoms with van der Waals surface area (Å²) in [7, 11) is 0. The summed E-state index contributed by atoms with van der Waals surface area (Å²) in [6.45, 7) is -0.603. The summed E-state index contributed by atoms with van der Waals surface area (Å²) in [6, 6.07) is 8.95. The number of imide groups is 1. The first-order chi connectivity index (χ1) is 17.8. The summed E-state index contributed by atoms with van der Waals surface area (Å²) in [6.07, 6.45) is -5.68. The van der Waals surface area contributed by atoms with E-state index in [1.54, 1.807) is 16.7 Å². The van der Waals surface area contributed by atoms with Crippen molar-refractivity contribution in [3.63, 3.8) is 0 Å². The van der Waals surface area contributed by atoms with Gasteiger partial charge in [0.25, 0.3) is 11.8 Å². The van der Waals surface area contributed by atoms with Crippen LogP contribution in [0.2, 0.25) is 0 Å². The molecule has 2 aliphatic heterocycles. The number of carbonyl (C=O) groups is 2. The third-order valence-corrected chi connectivity index (χ3v) is 7.81. The van der Waals surface area contributed by atoms with Crippen LogP contribution in [0.1, 0.15) is 26.9 Å². The van der Waals surface area contributed by atoms with Gasteiger partial charge >= 0.3 is 0 Å². The van der Waals surface area contributed by atoms with Crippen LogP contribution in [0.5, 0.6) is 0 Å². The van der Waals surface area contributed by atoms with Crippen LogP contribution in [0.15, 0.2) is 41.0 Å². The average Bonchev–Trinajstić information content (AvgIpc) is 3.52. The molecule has 5 heterocycles. The molecule has 7 rings (SSSR count). The number of pyridine rings is 1. The number of H-pyrrole nitrogens is 1. The summed E-state index contributed by atoms with van der Waals surface area (Å²) in [5, 5.41) is 46.3. The van der Waals surface area contributed by atoms with E-state index >= 15 is 0 Å². The van der Waals surface area contributed by atoms with Gasteiger partial charge < -0.3 is 30.1 Å². The van der Waals surface area contributed by atoms with Crippen LogP contribution in [-0.4, -0.2) is 77.8 Å². The number of aromatic nitrogens is 3. The first-order valence-corrected chi connectivity index (χ1v) is 12.3. The van der Waals surface area contributed by atoms with Gasteiger partial charge in [-0.2, -0.15) is 0 Å². The molecule has 6 N–H and O–H groups in total. The zero-order valence-electron chi connectivity index (χ0n) is 18.8. The number of fused-ring (bicyclic) bond motifs is 10. The van der Waals surface area contributed by atoms with Gasteiger partial charge in [0.05, 0.1) is 28.8 Å². The maximum absolute atomic E-state index is 13.2. The maximum Gasteiger partial charge on any atom is 0.259 e. The zero-order chi connectivity index (χ0) is 25.7. The Kier molecular flexibility index (Phi) is 4.81. The minimum Gasteiger partial charge on any atom is -0.394 e. The van der Waals surface area contributed by atoms with Gasteiger partial charge in [-0.05, 0) is 30.3 Å². The highest BCUT2D eigenvalue weighted by Gasteiger charge is 2.46. The van der Waals surface area contributed by atoms with Crippen molar-refractivity contribution in [3.8, 4) is 0 Å². The van der Waals surface area contributed by atoms with Crippen LogP contribution < -0.4 is 5.32 Å². The van der Waals surface area contributed by atoms with E-state index in [0.717, 1.165) is 4.47 Å². The highest BCUT2D eigenvalue weighted by atomic mass is 79.9. The number of halogens is 1. The van der Waals surface area contributed by atoms with Gasteiger partial charge in [0, 0.05) is 37.7 Å². The van der Waals surface area contributed by atoms with Crippen molar-refractivity contribution >= 4 is 71.5 Å². The van der Waals surface area contributed by atoms with Crippen LogP contribution in [0.25, 0.3) is 43.7 Å². The van der Waals surface area contributed by atoms with E-state index in [0.29, 0.717) is 43.7 Å². The van der Waals surface area contributed by atoms with Crippen LogP contribution in [0.4, 0.5) is 0 Å². The number of rotatable bonds is 2. The number of carbonyl (C=O) groups excluding carboxylic acids is 2. The Hall–Kier alpha value is -3.39. The lowest BCUT2D eigenvalue weighted by Crippen LogP contribution is -2.56. The van der Waals surface area contributed by atoms with Crippen LogP contribution in [0, 0.1) is 0 Å². The molecule has 188 valence electrons. The van der Waals surface area contributed by atoms with Crippen LogP contribution in [-0.2, 0) is 4.74 Å². The van der Waals surface area contributed by atoms with E-state index in [1.165, 1.54) is 6.20 Å². The Morgan fingerprint density at radius 2 is 1.76 bits per heavy atom. The molecule has 1 unspecified atom stereocenters. The van der Waals surface area contributed by atoms with Crippen LogP contribution >= 0.6 is 15.9 Å². The number of aliphatic hydroxyl groups excluding tert-OH is 4. The number of benzene rings is 2. The number of amides is 2. The molecule has 5 aromatic rings. The Morgan fingerprint density at radius 3 is 2.51 bits per heavy atom. The molecule has 0 spiro atoms. The van der Waals surface area contributed by atoms with Crippen molar-refractivity contribution in [1.29, 1.82) is 0 Å². The van der Waals surface area contributed by atoms with E-state index in [9.17, 15) is 30.0 Å². The Labute approximate surface area is 215 Å². The summed E-state index contributed by atoms with van der Waals surface area (Å²) in [5.41, 5.74) is 2.36. The summed E-state index contributed by atoms with van der Waals surface area (Å²) in [5.74, 6) is -1.08. The standard InChI is InChI=1S/C25H19BrN4O7/c26-8-3-4-11-10(6-8)13-15-16(24(36)29-23(15)35)14-9-2-1-5-27-22(9)30(18(14)17(13)28-11)25-21(34)20(33)19(32)12(7-31)37-25/h1-6,12,19-21,25,28,31-34H,7H2,(H,29,35,36)/t12-,19-,20+,21-,25?/m1/s1. The molecule has 3 aromatic heterocycles. The number of nitrogens with one attached hydrogen (secondary N) is 2. The highest BCUT2D eigenvalue weighted by Crippen LogP contribution is 2.45. The second kappa shape index (κ2) is 7.81. The fourth-order valence-electron chi connectivity index (χ4n) is 5.71. The van der Waals surface area contributed by atoms with Crippen molar-refractivity contribution in [3.05, 3.63) is 52.1 Å². The molecule has 2 aromatic carbocycles. The minimum atomic E-state index is -1.62. The maximum atomic E-state index is 13.2. The van der Waals surface area contributed by atoms with Gasteiger partial charge in [0.1, 0.15) is 30.1 Å². The highest BCUT2D eigenvalue weighted by molar-refractivity contribution is 9.10. The third kappa shape index (κ3) is 2.90. The van der Waals surface area contributed by atoms with E-state index in [2.05, 4.69) is 31.2 Å². The molecular formula is C25H19BrN4O7. The van der Waals surface area contributed by atoms with Gasteiger partial charge in [0.2, 0.25) is 0 Å². The summed E-state index contributed by atoms with van der Waals surface area (Å²) >= 11 is 3.48. The minimum absolute atomic E-state index is 0.176. The molecule has 11 nitrogen and oxygen atoms in total. The van der Waals surface area contributed by atoms with E-state index < -0.39 is 49.1 Å². The SMILES string of the molecule is O=C1NC(=O)c2c1c1c3cc(Br)ccc3[nH]c1c1c2c2cccnc2n1C1O[C@H](CO)[C@@H](O)[C@H](O)[C@H]1O. The summed E-state index contributed by atoms with van der Waals surface area (Å²) < 4.78 is 8.25. The number of nitrogens with zero attached hydrogens (tertiary/aromatic N) is 2. The smallest absolute Gasteiger partial charge is 0.259 e. The fraction of sp³-hybridized carbons (Fsp3) is 0.240. The van der Waals surface area contributed by atoms with Gasteiger partial charge in [0.15, 0.2) is 6.23 Å². The molecule has 1 saturated heterocycles. The fourth-order valence-corrected chi connectivity index (χ4v) is 6.07. The van der Waals surface area contributed by atoms with Gasteiger partial charge in [-0.25, -0.2) is 4.98 Å². The monoisotopic (exact) mass is 566 g/mol. The topological polar surface area (TPSA) is 170 Å². The lowest BCUT2D eigenvalue weighted by atomic mass is 9.96. The summed E-state index contributed by atoms with van der Waals surface area (Å²) in [4.78, 5) is 34.1. The molecule has 0 radical (unpaired) electrons. The van der Waals surface area contributed by atoms with Gasteiger partial charge in [-0.3, -0.25) is 19.5 Å². The zero-order valence-corrected chi connectivity index (χ0v) is 20.4. The number of hydrogen-bond donors (Lipinski definition) is 6. The molecule has 5 atom stereocenters. The largest absolute Gasteiger partial charge is 0.394 e. The molecule has 2 amide bonds. The number of aliphatic hydroxyl groups is 4. The van der Waals surface area contributed by atoms with Crippen LogP contribution in [0.3, 0.4) is 0 Å². The second-order valence-corrected chi connectivity index (χ2v) is 10.2. The van der Waals surface area contributed by atoms with E-state index in [1.807, 2.05) is 18.2 Å². The van der Waals surface area contributed by atoms with E-state index in [-0.39, 0.29) is 11.1 Å². The van der Waals surface area contributed by atoms with Crippen molar-refractivity contribution in [1.82, 2.24) is 19.9 Å². The van der Waals surface area contributed by atoms with Crippen molar-refractivity contribution < 1.29 is 34.8 Å². The molecule has 12 heteroatoms. The van der Waals surface area contributed by atoms with Gasteiger partial charge in [-0.15, -0.1) is 0 Å². The molecule has 0 aliphatic carbocycles. The number of aromatic amines is 1. The predicted octanol–water partition coefficient (Wildman–Crippen LogP) is 1.44. The lowest BCUT2D eigenvalue weighted by molar-refractivity contribution is -0.249. The number of ether oxygens (including phenoxy) is 1. The first-order valence-electron chi connectivity index (χ1n) is 11.5. The normalized spacial score (nSPS) is 26.0. The Bertz CT molecular complexity index is 1810. The third-order valence-electron chi connectivity index (χ3n) is 7.31. The molecule has 0 saturated carbocycles. The quantitative estimate of drug-likeness (QED) is 0.174. The predicted molar refractivity (Wildman–Crippen MR) is 135 cm³/mol. The second-order valence-electron chi connectivity index (χ2n) is 9.29. The van der Waals surface area contributed by atoms with E-state index in [4.69, 9.17) is 4.74 Å². The molecule has 0 bridgehead atoms. The molecule has 2 aliphatic rings. The van der Waals surface area contributed by atoms with Crippen molar-refractivity contribution in [2.45, 2.75) is 30.6 Å². The Balaban J connectivity index is 1.71. The average molecular weight is 567 g/mol. The van der Waals surface area contributed by atoms with Crippen molar-refractivity contribution in [2.75, 3.05) is 6.61 Å². The molecule has 1 fully saturated rings. The lowest BCUT2D eigenvalue weighted by Gasteiger charge is -2.40. The molecule has 37 heavy (non-hydrogen) atoms. The number of hydrogen-bond acceptors (Lipinski definition) is 8. The molecular weight excluding hydrogens is 548 g/mol. The van der Waals surface area contributed by atoms with Crippen molar-refractivity contribution in [2.24, 2.45) is 0 Å². The Morgan fingerprint density at radius 1 is 1.00 bits per heavy atom. The first kappa shape index (κ1) is 22.8.